The molecule has 86 heavy (non-hydrogen) atoms. The van der Waals surface area contributed by atoms with Gasteiger partial charge in [-0.15, -0.1) is 0 Å². The largest absolute Gasteiger partial charge is 0.480 e. The first kappa shape index (κ1) is 77.2. The van der Waals surface area contributed by atoms with Crippen LogP contribution in [0.5, 0.6) is 0 Å². The molecule has 0 bridgehead atoms. The lowest BCUT2D eigenvalue weighted by Gasteiger charge is -2.30. The van der Waals surface area contributed by atoms with E-state index >= 15 is 0 Å². The molecule has 26 N–H and O–H groups in total. The molecule has 0 unspecified atom stereocenters. The Balaban J connectivity index is 6.26. The van der Waals surface area contributed by atoms with Gasteiger partial charge in [0.25, 0.3) is 0 Å². The number of hydrogen-bond acceptors (Lipinski definition) is 19. The van der Waals surface area contributed by atoms with Crippen molar-refractivity contribution in [2.24, 2.45) is 57.1 Å². The Hall–Kier alpha value is -8.80. The average molecular weight is 1230 g/mol. The molecule has 0 aromatic carbocycles. The summed E-state index contributed by atoms with van der Waals surface area (Å²) in [6.45, 7) is 12.9. The number of aliphatic hydroxyl groups is 2. The van der Waals surface area contributed by atoms with Crippen molar-refractivity contribution in [3.8, 4) is 0 Å². The van der Waals surface area contributed by atoms with Crippen LogP contribution in [0.3, 0.4) is 0 Å². The van der Waals surface area contributed by atoms with E-state index in [9.17, 15) is 87.2 Å². The van der Waals surface area contributed by atoms with Gasteiger partial charge in [0.05, 0.1) is 37.6 Å². The van der Waals surface area contributed by atoms with Crippen LogP contribution in [0.1, 0.15) is 108 Å². The van der Waals surface area contributed by atoms with Crippen LogP contribution in [0, 0.1) is 17.8 Å². The van der Waals surface area contributed by atoms with E-state index < -0.39 is 211 Å². The van der Waals surface area contributed by atoms with Gasteiger partial charge in [0.1, 0.15) is 60.4 Å². The monoisotopic (exact) mass is 1230 g/mol. The topological polar surface area (TPSA) is 618 Å². The zero-order valence-electron chi connectivity index (χ0n) is 49.8. The van der Waals surface area contributed by atoms with E-state index in [-0.39, 0.29) is 31.8 Å². The molecule has 0 saturated heterocycles. The number of aliphatic carboxylic acids is 1. The fraction of sp³-hybridized carbons (Fsp3) is 0.680. The number of nitrogens with two attached hydrogens (primary N) is 6. The number of nitrogens with one attached hydrogen (secondary N) is 11. The fourth-order valence-electron chi connectivity index (χ4n) is 7.56. The van der Waals surface area contributed by atoms with Gasteiger partial charge >= 0.3 is 5.97 Å². The summed E-state index contributed by atoms with van der Waals surface area (Å²) >= 11 is 0. The first-order valence-electron chi connectivity index (χ1n) is 27.3. The lowest BCUT2D eigenvalue weighted by atomic mass is 9.98. The van der Waals surface area contributed by atoms with Crippen LogP contribution in [0.15, 0.2) is 4.99 Å². The lowest BCUT2D eigenvalue weighted by Crippen LogP contribution is -2.62. The Bertz CT molecular complexity index is 2470. The highest BCUT2D eigenvalue weighted by Gasteiger charge is 2.38. The second-order valence-corrected chi connectivity index (χ2v) is 21.3. The highest BCUT2D eigenvalue weighted by atomic mass is 16.4. The molecule has 0 aromatic heterocycles. The van der Waals surface area contributed by atoms with Crippen molar-refractivity contribution in [2.45, 2.75) is 186 Å². The van der Waals surface area contributed by atoms with Gasteiger partial charge in [-0.05, 0) is 64.7 Å². The molecule has 14 amide bonds. The molecule has 36 nitrogen and oxygen atoms in total. The number of amides is 14. The van der Waals surface area contributed by atoms with Crippen molar-refractivity contribution in [2.75, 3.05) is 13.1 Å². The van der Waals surface area contributed by atoms with E-state index in [1.807, 2.05) is 0 Å². The summed E-state index contributed by atoms with van der Waals surface area (Å²) in [6.07, 6.45) is -5.78. The van der Waals surface area contributed by atoms with E-state index in [4.69, 9.17) is 34.4 Å². The highest BCUT2D eigenvalue weighted by Crippen LogP contribution is 2.11. The van der Waals surface area contributed by atoms with E-state index in [0.717, 1.165) is 27.7 Å². The van der Waals surface area contributed by atoms with Crippen molar-refractivity contribution in [3.63, 3.8) is 0 Å². The molecule has 0 heterocycles. The predicted molar refractivity (Wildman–Crippen MR) is 303 cm³/mol. The molecule has 13 atom stereocenters. The van der Waals surface area contributed by atoms with Crippen LogP contribution in [0.2, 0.25) is 0 Å². The van der Waals surface area contributed by atoms with Gasteiger partial charge in [-0.2, -0.15) is 0 Å². The molecule has 0 rings (SSSR count). The fourth-order valence-corrected chi connectivity index (χ4v) is 7.56. The number of carbonyl (C=O) groups excluding carboxylic acids is 14. The number of aliphatic hydroxyl groups excluding tert-OH is 2. The van der Waals surface area contributed by atoms with Gasteiger partial charge in [-0.25, -0.2) is 4.79 Å². The molecule has 0 aromatic rings. The summed E-state index contributed by atoms with van der Waals surface area (Å²) in [7, 11) is 0. The maximum Gasteiger partial charge on any atom is 0.326 e. The standard InChI is InChI=1S/C50H88N18O18/c1-19(2)34(45(81)66-35(20(3)4)46(82)67-36(21(5)6)49(85)86)65-44(80)29(17-32(54)73)63-43(79)27(12-11-15-57-50(55)56)61-39(75)22(7)59-48(84)38(25(10)70)68-40(76)23(8)60-47(83)37(24(9)69)64-33(74)18-58-42(78)28(13-14-30(52)71)62-41(77)26(51)16-31(53)72/h19-29,34-38,69-70H,11-18,51H2,1-10H3,(H2,52,71)(H2,53,72)(H2,54,73)(H,58,78)(H,59,84)(H,60,83)(H,61,75)(H,62,77)(H,63,79)(H,64,74)(H,65,80)(H,66,81)(H,67,82)(H,68,76)(H,85,86)(H4,55,56,57)/t22-,23-,24+,25+,26-,27-,28-,29-,34-,35-,36-,37-,38-/m0/s1. The minimum atomic E-state index is -1.84. The number of nitrogens with zero attached hydrogens (tertiary/aromatic N) is 1. The molecule has 0 aliphatic rings. The normalized spacial score (nSPS) is 15.6. The smallest absolute Gasteiger partial charge is 0.326 e. The molecule has 0 saturated carbocycles. The van der Waals surface area contributed by atoms with Crippen molar-refractivity contribution in [1.82, 2.24) is 58.5 Å². The van der Waals surface area contributed by atoms with Gasteiger partial charge < -0.3 is 108 Å². The third-order valence-electron chi connectivity index (χ3n) is 12.5. The molecule has 0 radical (unpaired) electrons. The lowest BCUT2D eigenvalue weighted by molar-refractivity contribution is -0.144. The number of rotatable bonds is 39. The van der Waals surface area contributed by atoms with E-state index in [0.29, 0.717) is 0 Å². The minimum Gasteiger partial charge on any atom is -0.480 e. The van der Waals surface area contributed by atoms with E-state index in [2.05, 4.69) is 63.5 Å². The van der Waals surface area contributed by atoms with Crippen molar-refractivity contribution < 1.29 is 87.2 Å². The van der Waals surface area contributed by atoms with Crippen LogP contribution >= 0.6 is 0 Å². The molecular weight excluding hydrogens is 1140 g/mol. The van der Waals surface area contributed by atoms with Crippen LogP contribution in [0.25, 0.3) is 0 Å². The molecule has 0 aliphatic carbocycles. The summed E-state index contributed by atoms with van der Waals surface area (Å²) < 4.78 is 0. The number of carbonyl (C=O) groups is 15. The van der Waals surface area contributed by atoms with Crippen molar-refractivity contribution in [1.29, 1.82) is 0 Å². The molecule has 486 valence electrons. The summed E-state index contributed by atoms with van der Waals surface area (Å²) in [5.41, 5.74) is 32.1. The average Bonchev–Trinajstić information content (AvgIpc) is 3.44. The summed E-state index contributed by atoms with van der Waals surface area (Å²) in [6, 6.07) is -17.1. The number of carboxylic acid groups (broad SMARTS) is 1. The highest BCUT2D eigenvalue weighted by molar-refractivity contribution is 6.00. The Morgan fingerprint density at radius 3 is 1.22 bits per heavy atom. The Kier molecular flexibility index (Phi) is 33.7. The van der Waals surface area contributed by atoms with Crippen molar-refractivity contribution in [3.05, 3.63) is 0 Å². The maximum absolute atomic E-state index is 14.0. The zero-order valence-corrected chi connectivity index (χ0v) is 49.8. The Morgan fingerprint density at radius 2 is 0.791 bits per heavy atom. The number of hydrogen-bond donors (Lipinski definition) is 20. The van der Waals surface area contributed by atoms with Crippen LogP contribution in [-0.4, -0.2) is 202 Å². The summed E-state index contributed by atoms with van der Waals surface area (Å²) in [5, 5.41) is 55.9. The minimum absolute atomic E-state index is 0.00375. The Labute approximate surface area is 495 Å². The Morgan fingerprint density at radius 1 is 0.407 bits per heavy atom. The molecule has 0 fully saturated rings. The van der Waals surface area contributed by atoms with Gasteiger partial charge in [-0.3, -0.25) is 72.1 Å². The zero-order chi connectivity index (χ0) is 66.6. The number of guanidine groups is 1. The summed E-state index contributed by atoms with van der Waals surface area (Å²) in [5.74, 6) is -17.8. The third kappa shape index (κ3) is 28.7. The SMILES string of the molecule is CC(C)[C@H](NC(=O)[C@@H](NC(=O)[C@@H](NC(=O)[C@H](CC(N)=O)NC(=O)[C@H](CCCN=C(N)N)NC(=O)[C@H](C)NC(=O)[C@@H](NC(=O)[C@H](C)NC(=O)[C@@H](NC(=O)CNC(=O)[C@H](CCC(N)=O)NC(=O)[C@@H](N)CC(N)=O)[C@@H](C)O)[C@@H](C)O)C(C)C)C(C)C)C(=O)O. The number of aliphatic imine (C=N–C) groups is 1. The van der Waals surface area contributed by atoms with Gasteiger partial charge in [0.2, 0.25) is 82.7 Å². The molecule has 36 heteroatoms. The maximum atomic E-state index is 14.0. The molecule has 0 aliphatic heterocycles. The number of primary amides is 3. The van der Waals surface area contributed by atoms with Crippen molar-refractivity contribution >= 4 is 94.6 Å². The second-order valence-electron chi connectivity index (χ2n) is 21.3. The first-order valence-corrected chi connectivity index (χ1v) is 27.3. The van der Waals surface area contributed by atoms with Gasteiger partial charge in [0.15, 0.2) is 5.96 Å². The van der Waals surface area contributed by atoms with Crippen LogP contribution in [-0.2, 0) is 71.9 Å². The molecule has 0 spiro atoms. The van der Waals surface area contributed by atoms with Crippen LogP contribution < -0.4 is 92.9 Å². The van der Waals surface area contributed by atoms with Crippen LogP contribution in [0.4, 0.5) is 0 Å². The number of carboxylic acids is 1. The third-order valence-corrected chi connectivity index (χ3v) is 12.5. The van der Waals surface area contributed by atoms with Gasteiger partial charge in [0, 0.05) is 13.0 Å². The molecular formula is C50H88N18O18. The van der Waals surface area contributed by atoms with E-state index in [1.54, 1.807) is 27.7 Å². The van der Waals surface area contributed by atoms with Gasteiger partial charge in [-0.1, -0.05) is 41.5 Å². The van der Waals surface area contributed by atoms with E-state index in [1.165, 1.54) is 13.8 Å². The quantitative estimate of drug-likeness (QED) is 0.0154. The predicted octanol–water partition coefficient (Wildman–Crippen LogP) is -9.80. The second kappa shape index (κ2) is 37.5. The summed E-state index contributed by atoms with van der Waals surface area (Å²) in [4.78, 5) is 197. The first-order chi connectivity index (χ1) is 39.7.